The molecule has 0 spiro atoms. The summed E-state index contributed by atoms with van der Waals surface area (Å²) >= 11 is 0. The molecule has 0 bridgehead atoms. The highest BCUT2D eigenvalue weighted by Crippen LogP contribution is 2.13. The number of hydrogen-bond acceptors (Lipinski definition) is 3. The molecule has 1 aromatic carbocycles. The lowest BCUT2D eigenvalue weighted by molar-refractivity contribution is 0.502. The summed E-state index contributed by atoms with van der Waals surface area (Å²) in [7, 11) is 0. The second-order valence-corrected chi connectivity index (χ2v) is 4.36. The van der Waals surface area contributed by atoms with Crippen molar-refractivity contribution in [1.82, 2.24) is 10.4 Å². The van der Waals surface area contributed by atoms with Gasteiger partial charge in [0, 0.05) is 18.4 Å². The van der Waals surface area contributed by atoms with Crippen molar-refractivity contribution in [2.75, 3.05) is 0 Å². The van der Waals surface area contributed by atoms with E-state index in [2.05, 4.69) is 10.4 Å². The molecule has 1 atom stereocenters. The topological polar surface area (TPSA) is 50.9 Å². The van der Waals surface area contributed by atoms with Crippen molar-refractivity contribution < 1.29 is 8.78 Å². The first-order chi connectivity index (χ1) is 9.19. The number of rotatable bonds is 5. The van der Waals surface area contributed by atoms with E-state index in [1.54, 1.807) is 12.4 Å². The van der Waals surface area contributed by atoms with Crippen LogP contribution in [0.1, 0.15) is 11.1 Å². The summed E-state index contributed by atoms with van der Waals surface area (Å²) in [6.45, 7) is 0. The minimum absolute atomic E-state index is 0.168. The fourth-order valence-electron chi connectivity index (χ4n) is 1.96. The summed E-state index contributed by atoms with van der Waals surface area (Å²) in [6.07, 6.45) is 4.31. The molecule has 0 aliphatic heterocycles. The fourth-order valence-corrected chi connectivity index (χ4v) is 1.96. The minimum Gasteiger partial charge on any atom is -0.271 e. The molecule has 0 aliphatic rings. The van der Waals surface area contributed by atoms with E-state index in [1.807, 2.05) is 12.1 Å². The normalized spacial score (nSPS) is 12.4. The predicted molar refractivity (Wildman–Crippen MR) is 69.1 cm³/mol. The molecule has 1 unspecified atom stereocenters. The SMILES string of the molecule is NNC(Cc1ccncc1)Cc1cc(F)ccc1F. The van der Waals surface area contributed by atoms with Crippen molar-refractivity contribution in [3.63, 3.8) is 0 Å². The van der Waals surface area contributed by atoms with Gasteiger partial charge < -0.3 is 0 Å². The molecule has 1 aromatic heterocycles. The Labute approximate surface area is 110 Å². The highest BCUT2D eigenvalue weighted by Gasteiger charge is 2.12. The van der Waals surface area contributed by atoms with Gasteiger partial charge in [0.1, 0.15) is 11.6 Å². The summed E-state index contributed by atoms with van der Waals surface area (Å²) in [5.74, 6) is 4.61. The van der Waals surface area contributed by atoms with Crippen molar-refractivity contribution in [3.8, 4) is 0 Å². The quantitative estimate of drug-likeness (QED) is 0.640. The second kappa shape index (κ2) is 6.36. The van der Waals surface area contributed by atoms with E-state index in [-0.39, 0.29) is 6.04 Å². The Morgan fingerprint density at radius 2 is 1.84 bits per heavy atom. The Hall–Kier alpha value is -1.85. The number of nitrogens with zero attached hydrogens (tertiary/aromatic N) is 1. The lowest BCUT2D eigenvalue weighted by Gasteiger charge is -2.16. The third-order valence-electron chi connectivity index (χ3n) is 2.94. The van der Waals surface area contributed by atoms with Crippen molar-refractivity contribution >= 4 is 0 Å². The van der Waals surface area contributed by atoms with E-state index in [1.165, 1.54) is 6.07 Å². The summed E-state index contributed by atoms with van der Waals surface area (Å²) in [6, 6.07) is 7.00. The number of hydrazine groups is 1. The van der Waals surface area contributed by atoms with Gasteiger partial charge in [0.25, 0.3) is 0 Å². The minimum atomic E-state index is -0.448. The first kappa shape index (κ1) is 13.6. The lowest BCUT2D eigenvalue weighted by atomic mass is 9.99. The first-order valence-corrected chi connectivity index (χ1v) is 5.98. The zero-order valence-corrected chi connectivity index (χ0v) is 10.3. The lowest BCUT2D eigenvalue weighted by Crippen LogP contribution is -2.38. The van der Waals surface area contributed by atoms with Gasteiger partial charge in [-0.1, -0.05) is 0 Å². The molecule has 2 aromatic rings. The molecule has 3 N–H and O–H groups in total. The van der Waals surface area contributed by atoms with Crippen LogP contribution in [0.3, 0.4) is 0 Å². The van der Waals surface area contributed by atoms with Crippen molar-refractivity contribution in [3.05, 3.63) is 65.5 Å². The number of pyridine rings is 1. The van der Waals surface area contributed by atoms with Crippen LogP contribution in [0.15, 0.2) is 42.7 Å². The van der Waals surface area contributed by atoms with Gasteiger partial charge in [0.2, 0.25) is 0 Å². The van der Waals surface area contributed by atoms with Gasteiger partial charge in [0.15, 0.2) is 0 Å². The van der Waals surface area contributed by atoms with Gasteiger partial charge >= 0.3 is 0 Å². The monoisotopic (exact) mass is 263 g/mol. The number of halogens is 2. The first-order valence-electron chi connectivity index (χ1n) is 5.98. The van der Waals surface area contributed by atoms with Crippen LogP contribution in [0, 0.1) is 11.6 Å². The van der Waals surface area contributed by atoms with E-state index in [4.69, 9.17) is 5.84 Å². The molecule has 0 amide bonds. The summed E-state index contributed by atoms with van der Waals surface area (Å²) in [5.41, 5.74) is 3.99. The molecule has 0 aliphatic carbocycles. The van der Waals surface area contributed by atoms with Crippen LogP contribution in [-0.4, -0.2) is 11.0 Å². The summed E-state index contributed by atoms with van der Waals surface area (Å²) in [5, 5.41) is 0. The Morgan fingerprint density at radius 1 is 1.11 bits per heavy atom. The average Bonchev–Trinajstić information content (AvgIpc) is 2.43. The largest absolute Gasteiger partial charge is 0.271 e. The smallest absolute Gasteiger partial charge is 0.126 e. The predicted octanol–water partition coefficient (Wildman–Crippen LogP) is 1.98. The van der Waals surface area contributed by atoms with Crippen LogP contribution < -0.4 is 11.3 Å². The van der Waals surface area contributed by atoms with Crippen LogP contribution >= 0.6 is 0 Å². The fraction of sp³-hybridized carbons (Fsp3) is 0.214. The molecule has 5 heteroatoms. The van der Waals surface area contributed by atoms with Gasteiger partial charge in [-0.2, -0.15) is 0 Å². The van der Waals surface area contributed by atoms with Crippen LogP contribution in [-0.2, 0) is 12.8 Å². The van der Waals surface area contributed by atoms with E-state index >= 15 is 0 Å². The Balaban J connectivity index is 2.09. The van der Waals surface area contributed by atoms with Crippen LogP contribution in [0.2, 0.25) is 0 Å². The Bertz CT molecular complexity index is 531. The zero-order chi connectivity index (χ0) is 13.7. The molecule has 0 radical (unpaired) electrons. The van der Waals surface area contributed by atoms with Gasteiger partial charge in [-0.3, -0.25) is 16.3 Å². The molecule has 3 nitrogen and oxygen atoms in total. The van der Waals surface area contributed by atoms with E-state index in [0.717, 1.165) is 17.7 Å². The van der Waals surface area contributed by atoms with Crippen LogP contribution in [0.5, 0.6) is 0 Å². The molecule has 2 rings (SSSR count). The standard InChI is InChI=1S/C14H15F2N3/c15-12-1-2-14(16)11(8-12)9-13(19-17)7-10-3-5-18-6-4-10/h1-6,8,13,19H,7,9,17H2. The van der Waals surface area contributed by atoms with Crippen molar-refractivity contribution in [1.29, 1.82) is 0 Å². The van der Waals surface area contributed by atoms with Crippen LogP contribution in [0.4, 0.5) is 8.78 Å². The van der Waals surface area contributed by atoms with Crippen LogP contribution in [0.25, 0.3) is 0 Å². The molecule has 100 valence electrons. The van der Waals surface area contributed by atoms with Gasteiger partial charge in [0.05, 0.1) is 0 Å². The summed E-state index contributed by atoms with van der Waals surface area (Å²) in [4.78, 5) is 3.93. The van der Waals surface area contributed by atoms with Crippen molar-refractivity contribution in [2.24, 2.45) is 5.84 Å². The number of benzene rings is 1. The molecule has 0 fully saturated rings. The van der Waals surface area contributed by atoms with E-state index in [0.29, 0.717) is 18.4 Å². The average molecular weight is 263 g/mol. The number of nitrogens with two attached hydrogens (primary N) is 1. The van der Waals surface area contributed by atoms with E-state index < -0.39 is 11.6 Å². The maximum absolute atomic E-state index is 13.6. The Morgan fingerprint density at radius 3 is 2.53 bits per heavy atom. The second-order valence-electron chi connectivity index (χ2n) is 4.36. The zero-order valence-electron chi connectivity index (χ0n) is 10.3. The molecule has 19 heavy (non-hydrogen) atoms. The van der Waals surface area contributed by atoms with Gasteiger partial charge in [-0.25, -0.2) is 8.78 Å². The third kappa shape index (κ3) is 3.81. The number of nitrogens with one attached hydrogen (secondary N) is 1. The highest BCUT2D eigenvalue weighted by molar-refractivity contribution is 5.21. The maximum Gasteiger partial charge on any atom is 0.126 e. The maximum atomic E-state index is 13.6. The third-order valence-corrected chi connectivity index (χ3v) is 2.94. The molecule has 0 saturated heterocycles. The Kier molecular flexibility index (Phi) is 4.54. The van der Waals surface area contributed by atoms with Crippen molar-refractivity contribution in [2.45, 2.75) is 18.9 Å². The highest BCUT2D eigenvalue weighted by atomic mass is 19.1. The van der Waals surface area contributed by atoms with Gasteiger partial charge in [-0.15, -0.1) is 0 Å². The van der Waals surface area contributed by atoms with Gasteiger partial charge in [-0.05, 0) is 54.3 Å². The summed E-state index contributed by atoms with van der Waals surface area (Å²) < 4.78 is 26.7. The molecular weight excluding hydrogens is 248 g/mol. The van der Waals surface area contributed by atoms with E-state index in [9.17, 15) is 8.78 Å². The molecule has 0 saturated carbocycles. The number of hydrogen-bond donors (Lipinski definition) is 2. The number of aromatic nitrogens is 1. The molecular formula is C14H15F2N3. The molecule has 1 heterocycles.